The van der Waals surface area contributed by atoms with Gasteiger partial charge in [-0.1, -0.05) is 29.8 Å². The van der Waals surface area contributed by atoms with E-state index in [4.69, 9.17) is 16.3 Å². The number of rotatable bonds is 4. The Morgan fingerprint density at radius 1 is 1.12 bits per heavy atom. The second-order valence-corrected chi connectivity index (χ2v) is 6.56. The molecule has 0 radical (unpaired) electrons. The summed E-state index contributed by atoms with van der Waals surface area (Å²) in [5.41, 5.74) is 3.63. The van der Waals surface area contributed by atoms with Gasteiger partial charge in [0.05, 0.1) is 13.2 Å². The average Bonchev–Trinajstić information content (AvgIpc) is 2.61. The van der Waals surface area contributed by atoms with E-state index in [1.54, 1.807) is 12.1 Å². The molecular weight excluding hydrogens is 338 g/mol. The molecular formula is C19H22ClN3O2. The van der Waals surface area contributed by atoms with Gasteiger partial charge < -0.3 is 15.4 Å². The standard InChI is InChI=1S/C19H22ClN3O2/c1-14-2-5-16(20)12-18(14)22-19(24)21-17-6-3-15(4-7-17)13-23-8-10-25-11-9-23/h2-7,12H,8-11,13H2,1H3,(H2,21,22,24). The van der Waals surface area contributed by atoms with E-state index in [9.17, 15) is 4.79 Å². The number of carbonyl (C=O) groups is 1. The van der Waals surface area contributed by atoms with Gasteiger partial charge in [0.15, 0.2) is 0 Å². The highest BCUT2D eigenvalue weighted by Crippen LogP contribution is 2.20. The van der Waals surface area contributed by atoms with Crippen LogP contribution in [0.4, 0.5) is 16.2 Å². The first kappa shape index (κ1) is 17.7. The quantitative estimate of drug-likeness (QED) is 0.863. The van der Waals surface area contributed by atoms with Crippen LogP contribution in [0.1, 0.15) is 11.1 Å². The van der Waals surface area contributed by atoms with E-state index >= 15 is 0 Å². The molecule has 2 aromatic carbocycles. The van der Waals surface area contributed by atoms with Gasteiger partial charge in [-0.3, -0.25) is 4.90 Å². The van der Waals surface area contributed by atoms with Gasteiger partial charge >= 0.3 is 6.03 Å². The van der Waals surface area contributed by atoms with Crippen molar-refractivity contribution in [2.24, 2.45) is 0 Å². The third kappa shape index (κ3) is 5.19. The third-order valence-corrected chi connectivity index (χ3v) is 4.40. The fourth-order valence-corrected chi connectivity index (χ4v) is 2.90. The molecule has 1 saturated heterocycles. The molecule has 1 fully saturated rings. The summed E-state index contributed by atoms with van der Waals surface area (Å²) in [7, 11) is 0. The summed E-state index contributed by atoms with van der Waals surface area (Å²) in [6.07, 6.45) is 0. The molecule has 132 valence electrons. The summed E-state index contributed by atoms with van der Waals surface area (Å²) in [5, 5.41) is 6.26. The first-order valence-electron chi connectivity index (χ1n) is 8.33. The highest BCUT2D eigenvalue weighted by molar-refractivity contribution is 6.31. The monoisotopic (exact) mass is 359 g/mol. The van der Waals surface area contributed by atoms with E-state index in [1.165, 1.54) is 5.56 Å². The lowest BCUT2D eigenvalue weighted by atomic mass is 10.2. The van der Waals surface area contributed by atoms with Crippen LogP contribution in [-0.4, -0.2) is 37.2 Å². The Labute approximate surface area is 152 Å². The van der Waals surface area contributed by atoms with Crippen molar-refractivity contribution in [1.29, 1.82) is 0 Å². The normalized spacial score (nSPS) is 15.0. The number of nitrogens with zero attached hydrogens (tertiary/aromatic N) is 1. The van der Waals surface area contributed by atoms with Crippen LogP contribution in [-0.2, 0) is 11.3 Å². The topological polar surface area (TPSA) is 53.6 Å². The molecule has 0 atom stereocenters. The maximum Gasteiger partial charge on any atom is 0.323 e. The minimum Gasteiger partial charge on any atom is -0.379 e. The lowest BCUT2D eigenvalue weighted by molar-refractivity contribution is 0.0342. The Hall–Kier alpha value is -2.08. The highest BCUT2D eigenvalue weighted by Gasteiger charge is 2.11. The van der Waals surface area contributed by atoms with E-state index in [0.29, 0.717) is 10.7 Å². The van der Waals surface area contributed by atoms with Crippen LogP contribution in [0.3, 0.4) is 0 Å². The van der Waals surface area contributed by atoms with Crippen LogP contribution in [0, 0.1) is 6.92 Å². The lowest BCUT2D eigenvalue weighted by Crippen LogP contribution is -2.35. The number of anilines is 2. The van der Waals surface area contributed by atoms with Crippen molar-refractivity contribution in [1.82, 2.24) is 4.90 Å². The van der Waals surface area contributed by atoms with Crippen molar-refractivity contribution < 1.29 is 9.53 Å². The molecule has 25 heavy (non-hydrogen) atoms. The predicted octanol–water partition coefficient (Wildman–Crippen LogP) is 4.12. The zero-order valence-corrected chi connectivity index (χ0v) is 15.0. The summed E-state index contributed by atoms with van der Waals surface area (Å²) < 4.78 is 5.36. The Kier molecular flexibility index (Phi) is 5.91. The number of halogens is 1. The minimum absolute atomic E-state index is 0.286. The fourth-order valence-electron chi connectivity index (χ4n) is 2.72. The molecule has 1 aliphatic rings. The van der Waals surface area contributed by atoms with Crippen molar-refractivity contribution in [3.63, 3.8) is 0 Å². The average molecular weight is 360 g/mol. The molecule has 0 aromatic heterocycles. The van der Waals surface area contributed by atoms with Crippen molar-refractivity contribution in [2.75, 3.05) is 36.9 Å². The molecule has 0 unspecified atom stereocenters. The van der Waals surface area contributed by atoms with Crippen LogP contribution in [0.5, 0.6) is 0 Å². The number of carbonyl (C=O) groups excluding carboxylic acids is 1. The molecule has 2 aromatic rings. The molecule has 5 nitrogen and oxygen atoms in total. The zero-order valence-electron chi connectivity index (χ0n) is 14.2. The summed E-state index contributed by atoms with van der Waals surface area (Å²) in [6.45, 7) is 6.33. The number of morpholine rings is 1. The number of amides is 2. The van der Waals surface area contributed by atoms with Crippen LogP contribution in [0.25, 0.3) is 0 Å². The first-order chi connectivity index (χ1) is 12.1. The lowest BCUT2D eigenvalue weighted by Gasteiger charge is -2.26. The van der Waals surface area contributed by atoms with Crippen LogP contribution in [0.15, 0.2) is 42.5 Å². The van der Waals surface area contributed by atoms with E-state index in [2.05, 4.69) is 15.5 Å². The number of nitrogens with one attached hydrogen (secondary N) is 2. The molecule has 0 spiro atoms. The second-order valence-electron chi connectivity index (χ2n) is 6.12. The van der Waals surface area contributed by atoms with E-state index in [0.717, 1.165) is 44.1 Å². The maximum absolute atomic E-state index is 12.2. The van der Waals surface area contributed by atoms with Gasteiger partial charge in [-0.25, -0.2) is 4.79 Å². The molecule has 1 heterocycles. The Balaban J connectivity index is 1.55. The zero-order chi connectivity index (χ0) is 17.6. The van der Waals surface area contributed by atoms with Gasteiger partial charge in [0.25, 0.3) is 0 Å². The Bertz CT molecular complexity index is 728. The van der Waals surface area contributed by atoms with Gasteiger partial charge in [0.1, 0.15) is 0 Å². The Morgan fingerprint density at radius 3 is 2.56 bits per heavy atom. The van der Waals surface area contributed by atoms with Gasteiger partial charge in [-0.15, -0.1) is 0 Å². The molecule has 3 rings (SSSR count). The summed E-state index contributed by atoms with van der Waals surface area (Å²) in [4.78, 5) is 14.5. The molecule has 0 bridgehead atoms. The van der Waals surface area contributed by atoms with Gasteiger partial charge in [0.2, 0.25) is 0 Å². The van der Waals surface area contributed by atoms with Gasteiger partial charge in [-0.05, 0) is 42.3 Å². The largest absolute Gasteiger partial charge is 0.379 e. The van der Waals surface area contributed by atoms with Gasteiger partial charge in [-0.2, -0.15) is 0 Å². The predicted molar refractivity (Wildman–Crippen MR) is 101 cm³/mol. The van der Waals surface area contributed by atoms with E-state index in [1.807, 2.05) is 37.3 Å². The van der Waals surface area contributed by atoms with E-state index < -0.39 is 0 Å². The van der Waals surface area contributed by atoms with Crippen molar-refractivity contribution >= 4 is 29.0 Å². The van der Waals surface area contributed by atoms with Crippen LogP contribution < -0.4 is 10.6 Å². The number of hydrogen-bond acceptors (Lipinski definition) is 3. The molecule has 0 aliphatic carbocycles. The SMILES string of the molecule is Cc1ccc(Cl)cc1NC(=O)Nc1ccc(CN2CCOCC2)cc1. The Morgan fingerprint density at radius 2 is 1.84 bits per heavy atom. The minimum atomic E-state index is -0.286. The van der Waals surface area contributed by atoms with Crippen molar-refractivity contribution in [2.45, 2.75) is 13.5 Å². The number of aryl methyl sites for hydroxylation is 1. The molecule has 2 N–H and O–H groups in total. The smallest absolute Gasteiger partial charge is 0.323 e. The van der Waals surface area contributed by atoms with E-state index in [-0.39, 0.29) is 6.03 Å². The number of urea groups is 1. The van der Waals surface area contributed by atoms with Crippen molar-refractivity contribution in [3.05, 3.63) is 58.6 Å². The molecule has 2 amide bonds. The molecule has 0 saturated carbocycles. The third-order valence-electron chi connectivity index (χ3n) is 4.17. The first-order valence-corrected chi connectivity index (χ1v) is 8.71. The number of hydrogen-bond donors (Lipinski definition) is 2. The highest BCUT2D eigenvalue weighted by atomic mass is 35.5. The summed E-state index contributed by atoms with van der Waals surface area (Å²) in [5.74, 6) is 0. The number of ether oxygens (including phenoxy) is 1. The van der Waals surface area contributed by atoms with Crippen molar-refractivity contribution in [3.8, 4) is 0 Å². The maximum atomic E-state index is 12.2. The fraction of sp³-hybridized carbons (Fsp3) is 0.316. The summed E-state index contributed by atoms with van der Waals surface area (Å²) in [6, 6.07) is 13.0. The van der Waals surface area contributed by atoms with Crippen LogP contribution in [0.2, 0.25) is 5.02 Å². The summed E-state index contributed by atoms with van der Waals surface area (Å²) >= 11 is 5.97. The molecule has 1 aliphatic heterocycles. The van der Waals surface area contributed by atoms with Gasteiger partial charge in [0, 0.05) is 36.0 Å². The molecule has 6 heteroatoms. The van der Waals surface area contributed by atoms with Crippen LogP contribution >= 0.6 is 11.6 Å². The number of benzene rings is 2. The second kappa shape index (κ2) is 8.34.